The van der Waals surface area contributed by atoms with Crippen molar-refractivity contribution in [2.24, 2.45) is 0 Å². The van der Waals surface area contributed by atoms with Gasteiger partial charge in [0.15, 0.2) is 9.54 Å². The van der Waals surface area contributed by atoms with Gasteiger partial charge in [-0.2, -0.15) is 0 Å². The molecule has 2 heterocycles. The van der Waals surface area contributed by atoms with E-state index in [-0.39, 0.29) is 11.5 Å². The third kappa shape index (κ3) is 5.45. The number of nitrogens with one attached hydrogen (secondary N) is 2. The van der Waals surface area contributed by atoms with Crippen molar-refractivity contribution < 1.29 is 10.2 Å². The van der Waals surface area contributed by atoms with E-state index in [4.69, 9.17) is 34.6 Å². The molecule has 0 saturated heterocycles. The Bertz CT molecular complexity index is 1030. The largest absolute Gasteiger partial charge is 0.508 e. The number of phenolic OH excluding ortho intramolecular Hbond substituents is 2. The van der Waals surface area contributed by atoms with Crippen LogP contribution in [0.4, 0.5) is 0 Å². The molecule has 0 unspecified atom stereocenters. The Hall–Kier alpha value is -3.10. The summed E-state index contributed by atoms with van der Waals surface area (Å²) >= 11 is 10.1. The molecule has 4 rings (SSSR count). The molecule has 0 atom stereocenters. The van der Waals surface area contributed by atoms with E-state index in [0.717, 1.165) is 24.2 Å². The fraction of sp³-hybridized carbons (Fsp3) is 0.100. The number of aromatic hydroxyl groups is 2. The third-order valence-corrected chi connectivity index (χ3v) is 4.73. The van der Waals surface area contributed by atoms with Gasteiger partial charge < -0.3 is 29.3 Å². The van der Waals surface area contributed by atoms with E-state index in [9.17, 15) is 0 Å². The molecule has 2 aromatic carbocycles. The van der Waals surface area contributed by atoms with Gasteiger partial charge in [-0.1, -0.05) is 24.3 Å². The second-order valence-electron chi connectivity index (χ2n) is 6.12. The standard InChI is InChI=1S/2C10H10N2OS/c2*13-9-3-1-8(2-4-9)7-12-6-5-11-10(12)14/h2*1-6,13H,7H2,(H,11,14). The second kappa shape index (κ2) is 9.20. The van der Waals surface area contributed by atoms with Crippen LogP contribution in [0.5, 0.6) is 11.5 Å². The summed E-state index contributed by atoms with van der Waals surface area (Å²) in [5, 5.41) is 18.2. The predicted molar refractivity (Wildman–Crippen MR) is 114 cm³/mol. The highest BCUT2D eigenvalue weighted by molar-refractivity contribution is 7.71. The van der Waals surface area contributed by atoms with Crippen molar-refractivity contribution in [3.05, 3.63) is 94.0 Å². The summed E-state index contributed by atoms with van der Waals surface area (Å²) < 4.78 is 5.28. The first-order chi connectivity index (χ1) is 13.5. The highest BCUT2D eigenvalue weighted by Crippen LogP contribution is 2.11. The minimum absolute atomic E-state index is 0.284. The topological polar surface area (TPSA) is 81.9 Å². The first-order valence-electron chi connectivity index (χ1n) is 8.55. The van der Waals surface area contributed by atoms with Crippen LogP contribution in [0.2, 0.25) is 0 Å². The van der Waals surface area contributed by atoms with Gasteiger partial charge in [-0.25, -0.2) is 0 Å². The first-order valence-corrected chi connectivity index (χ1v) is 9.36. The zero-order valence-corrected chi connectivity index (χ0v) is 16.6. The van der Waals surface area contributed by atoms with Crippen LogP contribution in [0, 0.1) is 9.54 Å². The van der Waals surface area contributed by atoms with Crippen LogP contribution in [0.1, 0.15) is 11.1 Å². The Morgan fingerprint density at radius 3 is 1.29 bits per heavy atom. The summed E-state index contributed by atoms with van der Waals surface area (Å²) in [5.41, 5.74) is 2.22. The van der Waals surface area contributed by atoms with E-state index < -0.39 is 0 Å². The Kier molecular flexibility index (Phi) is 6.46. The van der Waals surface area contributed by atoms with Crippen molar-refractivity contribution in [1.29, 1.82) is 0 Å². The number of H-pyrrole nitrogens is 2. The molecule has 144 valence electrons. The molecule has 6 nitrogen and oxygen atoms in total. The lowest BCUT2D eigenvalue weighted by molar-refractivity contribution is 0.474. The molecule has 4 aromatic rings. The van der Waals surface area contributed by atoms with Gasteiger partial charge >= 0.3 is 0 Å². The van der Waals surface area contributed by atoms with Crippen LogP contribution in [0.25, 0.3) is 0 Å². The minimum Gasteiger partial charge on any atom is -0.508 e. The Balaban J connectivity index is 0.000000161. The maximum atomic E-state index is 9.10. The number of phenols is 2. The van der Waals surface area contributed by atoms with Crippen LogP contribution in [0.15, 0.2) is 73.3 Å². The summed E-state index contributed by atoms with van der Waals surface area (Å²) in [6, 6.07) is 14.2. The molecule has 0 saturated carbocycles. The number of aromatic amines is 2. The molecular weight excluding hydrogens is 392 g/mol. The van der Waals surface area contributed by atoms with Gasteiger partial charge in [-0.3, -0.25) is 0 Å². The van der Waals surface area contributed by atoms with Crippen molar-refractivity contribution in [3.8, 4) is 11.5 Å². The van der Waals surface area contributed by atoms with Gasteiger partial charge in [0.25, 0.3) is 0 Å². The number of rotatable bonds is 4. The molecular formula is C20H20N4O2S2. The summed E-state index contributed by atoms with van der Waals surface area (Å²) in [6.07, 6.45) is 7.41. The van der Waals surface area contributed by atoms with Crippen LogP contribution < -0.4 is 0 Å². The van der Waals surface area contributed by atoms with Crippen LogP contribution in [-0.2, 0) is 13.1 Å². The zero-order chi connectivity index (χ0) is 19.9. The van der Waals surface area contributed by atoms with Crippen LogP contribution in [0.3, 0.4) is 0 Å². The number of benzene rings is 2. The molecule has 8 heteroatoms. The summed E-state index contributed by atoms with van der Waals surface area (Å²) in [7, 11) is 0. The minimum atomic E-state index is 0.284. The van der Waals surface area contributed by atoms with E-state index in [1.165, 1.54) is 0 Å². The second-order valence-corrected chi connectivity index (χ2v) is 6.89. The van der Waals surface area contributed by atoms with Gasteiger partial charge in [0.1, 0.15) is 11.5 Å². The molecule has 4 N–H and O–H groups in total. The monoisotopic (exact) mass is 412 g/mol. The summed E-state index contributed by atoms with van der Waals surface area (Å²) in [5.74, 6) is 0.567. The van der Waals surface area contributed by atoms with E-state index in [1.807, 2.05) is 58.2 Å². The third-order valence-electron chi connectivity index (χ3n) is 4.02. The lowest BCUT2D eigenvalue weighted by Gasteiger charge is -2.02. The molecule has 0 bridgehead atoms. The molecule has 0 aliphatic carbocycles. The average Bonchev–Trinajstić information content (AvgIpc) is 3.28. The molecule has 2 aromatic heterocycles. The number of aromatic nitrogens is 4. The quantitative estimate of drug-likeness (QED) is 0.369. The van der Waals surface area contributed by atoms with Crippen LogP contribution in [-0.4, -0.2) is 29.3 Å². The summed E-state index contributed by atoms with van der Waals surface area (Å²) in [4.78, 5) is 5.86. The van der Waals surface area contributed by atoms with Crippen molar-refractivity contribution in [2.45, 2.75) is 13.1 Å². The molecule has 0 aliphatic heterocycles. The maximum absolute atomic E-state index is 9.10. The molecule has 0 radical (unpaired) electrons. The van der Waals surface area contributed by atoms with Gasteiger partial charge in [0, 0.05) is 37.9 Å². The van der Waals surface area contributed by atoms with Crippen molar-refractivity contribution >= 4 is 24.4 Å². The fourth-order valence-electron chi connectivity index (χ4n) is 2.54. The lowest BCUT2D eigenvalue weighted by atomic mass is 10.2. The maximum Gasteiger partial charge on any atom is 0.177 e. The van der Waals surface area contributed by atoms with Gasteiger partial charge in [-0.15, -0.1) is 0 Å². The Labute approximate surface area is 172 Å². The number of imidazole rings is 2. The van der Waals surface area contributed by atoms with E-state index in [2.05, 4.69) is 9.97 Å². The number of hydrogen-bond donors (Lipinski definition) is 4. The normalized spacial score (nSPS) is 10.3. The molecule has 0 aliphatic rings. The average molecular weight is 413 g/mol. The van der Waals surface area contributed by atoms with E-state index in [0.29, 0.717) is 9.54 Å². The van der Waals surface area contributed by atoms with E-state index in [1.54, 1.807) is 24.3 Å². The SMILES string of the molecule is Oc1ccc(Cn2cc[nH]c2=S)cc1.Oc1ccc(Cn2cc[nH]c2=S)cc1. The zero-order valence-electron chi connectivity index (χ0n) is 14.9. The number of hydrogen-bond acceptors (Lipinski definition) is 4. The van der Waals surface area contributed by atoms with Gasteiger partial charge in [0.2, 0.25) is 0 Å². The van der Waals surface area contributed by atoms with Crippen molar-refractivity contribution in [3.63, 3.8) is 0 Å². The first kappa shape index (κ1) is 19.7. The van der Waals surface area contributed by atoms with Gasteiger partial charge in [0.05, 0.1) is 0 Å². The van der Waals surface area contributed by atoms with E-state index >= 15 is 0 Å². The van der Waals surface area contributed by atoms with Crippen molar-refractivity contribution in [1.82, 2.24) is 19.1 Å². The highest BCUT2D eigenvalue weighted by Gasteiger charge is 1.97. The van der Waals surface area contributed by atoms with Crippen molar-refractivity contribution in [2.75, 3.05) is 0 Å². The molecule has 0 spiro atoms. The highest BCUT2D eigenvalue weighted by atomic mass is 32.1. The molecule has 0 amide bonds. The fourth-order valence-corrected chi connectivity index (χ4v) is 2.93. The van der Waals surface area contributed by atoms with Gasteiger partial charge in [-0.05, 0) is 59.8 Å². The Morgan fingerprint density at radius 2 is 1.00 bits per heavy atom. The molecule has 28 heavy (non-hydrogen) atoms. The lowest BCUT2D eigenvalue weighted by Crippen LogP contribution is -1.97. The van der Waals surface area contributed by atoms with Crippen LogP contribution >= 0.6 is 24.4 Å². The summed E-state index contributed by atoms with van der Waals surface area (Å²) in [6.45, 7) is 1.45. The molecule has 0 fully saturated rings. The number of nitrogens with zero attached hydrogens (tertiary/aromatic N) is 2. The Morgan fingerprint density at radius 1 is 0.643 bits per heavy atom. The predicted octanol–water partition coefficient (Wildman–Crippen LogP) is 4.60. The smallest absolute Gasteiger partial charge is 0.177 e.